The van der Waals surface area contributed by atoms with E-state index in [0.29, 0.717) is 23.2 Å². The maximum Gasteiger partial charge on any atom is 0.171 e. The van der Waals surface area contributed by atoms with Crippen LogP contribution < -0.4 is 15.4 Å². The fourth-order valence-corrected chi connectivity index (χ4v) is 3.96. The van der Waals surface area contributed by atoms with Crippen molar-refractivity contribution in [2.24, 2.45) is 0 Å². The number of hydrogen-bond acceptors (Lipinski definition) is 3. The van der Waals surface area contributed by atoms with Crippen molar-refractivity contribution in [3.8, 4) is 5.75 Å². The summed E-state index contributed by atoms with van der Waals surface area (Å²) >= 11 is 11.3. The molecule has 0 saturated heterocycles. The van der Waals surface area contributed by atoms with Gasteiger partial charge in [0.2, 0.25) is 0 Å². The molecular formula is C21H19ClN2O2S. The summed E-state index contributed by atoms with van der Waals surface area (Å²) in [4.78, 5) is 12.5. The fourth-order valence-electron chi connectivity index (χ4n) is 3.50. The SMILES string of the molecule is O=C1CCCC2=C1C(c1ccc(OCc3cccc(Cl)c3)cc1)NC(=S)N2. The van der Waals surface area contributed by atoms with Gasteiger partial charge in [0, 0.05) is 22.7 Å². The summed E-state index contributed by atoms with van der Waals surface area (Å²) in [7, 11) is 0. The van der Waals surface area contributed by atoms with Crippen LogP contribution in [0.3, 0.4) is 0 Å². The minimum absolute atomic E-state index is 0.185. The molecule has 1 atom stereocenters. The Labute approximate surface area is 168 Å². The Morgan fingerprint density at radius 3 is 2.74 bits per heavy atom. The first-order valence-corrected chi connectivity index (χ1v) is 9.70. The van der Waals surface area contributed by atoms with E-state index in [4.69, 9.17) is 28.6 Å². The number of thiocarbonyl (C=S) groups is 1. The van der Waals surface area contributed by atoms with Crippen molar-refractivity contribution in [2.45, 2.75) is 31.9 Å². The predicted molar refractivity (Wildman–Crippen MR) is 110 cm³/mol. The number of ether oxygens (including phenoxy) is 1. The number of ketones is 1. The lowest BCUT2D eigenvalue weighted by molar-refractivity contribution is -0.116. The molecule has 0 aromatic heterocycles. The van der Waals surface area contributed by atoms with Crippen LogP contribution in [0.5, 0.6) is 5.75 Å². The summed E-state index contributed by atoms with van der Waals surface area (Å²) in [5.41, 5.74) is 3.78. The maximum absolute atomic E-state index is 12.5. The van der Waals surface area contributed by atoms with E-state index in [1.54, 1.807) is 0 Å². The Kier molecular flexibility index (Phi) is 5.14. The summed E-state index contributed by atoms with van der Waals surface area (Å²) in [5, 5.41) is 7.64. The summed E-state index contributed by atoms with van der Waals surface area (Å²) in [6, 6.07) is 15.2. The highest BCUT2D eigenvalue weighted by molar-refractivity contribution is 7.80. The summed E-state index contributed by atoms with van der Waals surface area (Å²) in [6.07, 6.45) is 2.32. The van der Waals surface area contributed by atoms with Crippen molar-refractivity contribution in [1.29, 1.82) is 0 Å². The first kappa shape index (κ1) is 18.0. The van der Waals surface area contributed by atoms with E-state index in [1.165, 1.54) is 0 Å². The number of nitrogens with one attached hydrogen (secondary N) is 2. The average molecular weight is 399 g/mol. The molecule has 138 valence electrons. The molecular weight excluding hydrogens is 380 g/mol. The van der Waals surface area contributed by atoms with Crippen molar-refractivity contribution in [2.75, 3.05) is 0 Å². The van der Waals surface area contributed by atoms with Crippen LogP contribution in [0.4, 0.5) is 0 Å². The van der Waals surface area contributed by atoms with Crippen LogP contribution in [-0.4, -0.2) is 10.9 Å². The second-order valence-electron chi connectivity index (χ2n) is 6.69. The number of rotatable bonds is 4. The van der Waals surface area contributed by atoms with E-state index in [-0.39, 0.29) is 11.8 Å². The summed E-state index contributed by atoms with van der Waals surface area (Å²) in [5.74, 6) is 0.949. The largest absolute Gasteiger partial charge is 0.489 e. The topological polar surface area (TPSA) is 50.4 Å². The molecule has 2 aliphatic rings. The summed E-state index contributed by atoms with van der Waals surface area (Å²) in [6.45, 7) is 0.448. The predicted octanol–water partition coefficient (Wildman–Crippen LogP) is 4.44. The van der Waals surface area contributed by atoms with Gasteiger partial charge in [0.15, 0.2) is 10.9 Å². The molecule has 2 N–H and O–H groups in total. The molecule has 1 aliphatic carbocycles. The number of benzene rings is 2. The molecule has 1 heterocycles. The number of carbonyl (C=O) groups is 1. The van der Waals surface area contributed by atoms with Crippen molar-refractivity contribution in [3.05, 3.63) is 76.0 Å². The number of Topliss-reactive ketones (excluding diaryl/α,β-unsaturated/α-hetero) is 1. The van der Waals surface area contributed by atoms with Crippen molar-refractivity contribution < 1.29 is 9.53 Å². The van der Waals surface area contributed by atoms with E-state index in [0.717, 1.165) is 41.0 Å². The molecule has 4 nitrogen and oxygen atoms in total. The molecule has 2 aromatic carbocycles. The van der Waals surface area contributed by atoms with Crippen LogP contribution in [0, 0.1) is 0 Å². The van der Waals surface area contributed by atoms with Crippen LogP contribution >= 0.6 is 23.8 Å². The normalized spacial score (nSPS) is 19.2. The van der Waals surface area contributed by atoms with Gasteiger partial charge in [0.25, 0.3) is 0 Å². The van der Waals surface area contributed by atoms with E-state index in [2.05, 4.69) is 10.6 Å². The van der Waals surface area contributed by atoms with Gasteiger partial charge < -0.3 is 15.4 Å². The van der Waals surface area contributed by atoms with Gasteiger partial charge in [0.05, 0.1) is 6.04 Å². The van der Waals surface area contributed by atoms with E-state index >= 15 is 0 Å². The van der Waals surface area contributed by atoms with Crippen molar-refractivity contribution in [1.82, 2.24) is 10.6 Å². The lowest BCUT2D eigenvalue weighted by Gasteiger charge is -2.33. The average Bonchev–Trinajstić information content (AvgIpc) is 2.66. The number of halogens is 1. The highest BCUT2D eigenvalue weighted by atomic mass is 35.5. The number of allylic oxidation sites excluding steroid dienone is 1. The van der Waals surface area contributed by atoms with Gasteiger partial charge in [-0.2, -0.15) is 0 Å². The zero-order valence-corrected chi connectivity index (χ0v) is 16.2. The zero-order chi connectivity index (χ0) is 18.8. The Balaban J connectivity index is 1.51. The Hall–Kier alpha value is -2.37. The first-order chi connectivity index (χ1) is 13.1. The monoisotopic (exact) mass is 398 g/mol. The third kappa shape index (κ3) is 3.99. The number of hydrogen-bond donors (Lipinski definition) is 2. The standard InChI is InChI=1S/C21H19ClN2O2S/c22-15-4-1-3-13(11-15)12-26-16-9-7-14(8-10-16)20-19-17(23-21(27)24-20)5-2-6-18(19)25/h1,3-4,7-11,20H,2,5-6,12H2,(H2,23,24,27). The molecule has 0 radical (unpaired) electrons. The lowest BCUT2D eigenvalue weighted by Crippen LogP contribution is -2.46. The van der Waals surface area contributed by atoms with Crippen molar-refractivity contribution >= 4 is 34.7 Å². The van der Waals surface area contributed by atoms with Gasteiger partial charge in [-0.1, -0.05) is 35.9 Å². The van der Waals surface area contributed by atoms with Crippen LogP contribution in [-0.2, 0) is 11.4 Å². The van der Waals surface area contributed by atoms with Gasteiger partial charge in [-0.15, -0.1) is 0 Å². The molecule has 0 fully saturated rings. The van der Waals surface area contributed by atoms with Gasteiger partial charge in [0.1, 0.15) is 12.4 Å². The molecule has 27 heavy (non-hydrogen) atoms. The van der Waals surface area contributed by atoms with Crippen LogP contribution in [0.15, 0.2) is 59.8 Å². The van der Waals surface area contributed by atoms with E-state index in [1.807, 2.05) is 48.5 Å². The molecule has 0 amide bonds. The van der Waals surface area contributed by atoms with Gasteiger partial charge in [-0.05, 0) is 60.5 Å². The zero-order valence-electron chi connectivity index (χ0n) is 14.6. The molecule has 0 spiro atoms. The summed E-state index contributed by atoms with van der Waals surface area (Å²) < 4.78 is 5.84. The smallest absolute Gasteiger partial charge is 0.171 e. The second kappa shape index (κ2) is 7.71. The van der Waals surface area contributed by atoms with Gasteiger partial charge in [-0.25, -0.2) is 0 Å². The molecule has 2 aromatic rings. The first-order valence-electron chi connectivity index (χ1n) is 8.91. The van der Waals surface area contributed by atoms with Crippen LogP contribution in [0.1, 0.15) is 36.4 Å². The Morgan fingerprint density at radius 2 is 1.96 bits per heavy atom. The fraction of sp³-hybridized carbons (Fsp3) is 0.238. The number of carbonyl (C=O) groups excluding carboxylic acids is 1. The van der Waals surface area contributed by atoms with Crippen LogP contribution in [0.25, 0.3) is 0 Å². The van der Waals surface area contributed by atoms with Crippen LogP contribution in [0.2, 0.25) is 5.02 Å². The van der Waals surface area contributed by atoms with Gasteiger partial charge >= 0.3 is 0 Å². The molecule has 1 aliphatic heterocycles. The molecule has 0 saturated carbocycles. The Bertz CT molecular complexity index is 924. The minimum atomic E-state index is -0.205. The Morgan fingerprint density at radius 1 is 1.15 bits per heavy atom. The highest BCUT2D eigenvalue weighted by Gasteiger charge is 2.33. The third-order valence-electron chi connectivity index (χ3n) is 4.79. The van der Waals surface area contributed by atoms with E-state index in [9.17, 15) is 4.79 Å². The maximum atomic E-state index is 12.5. The molecule has 4 rings (SSSR count). The van der Waals surface area contributed by atoms with E-state index < -0.39 is 0 Å². The minimum Gasteiger partial charge on any atom is -0.489 e. The molecule has 1 unspecified atom stereocenters. The molecule has 0 bridgehead atoms. The van der Waals surface area contributed by atoms with Crippen molar-refractivity contribution in [3.63, 3.8) is 0 Å². The third-order valence-corrected chi connectivity index (χ3v) is 5.25. The second-order valence-corrected chi connectivity index (χ2v) is 7.53. The lowest BCUT2D eigenvalue weighted by atomic mass is 9.85. The van der Waals surface area contributed by atoms with Gasteiger partial charge in [-0.3, -0.25) is 4.79 Å². The highest BCUT2D eigenvalue weighted by Crippen LogP contribution is 2.34. The molecule has 6 heteroatoms. The quantitative estimate of drug-likeness (QED) is 0.745.